The van der Waals surface area contributed by atoms with E-state index in [1.165, 1.54) is 14.2 Å². The lowest BCUT2D eigenvalue weighted by Crippen LogP contribution is -2.31. The van der Waals surface area contributed by atoms with Crippen molar-refractivity contribution in [3.63, 3.8) is 0 Å². The molecule has 2 amide bonds. The Morgan fingerprint density at radius 1 is 1.26 bits per heavy atom. The van der Waals surface area contributed by atoms with E-state index in [-0.39, 0.29) is 24.0 Å². The second-order valence-electron chi connectivity index (χ2n) is 6.59. The number of nitrogens with one attached hydrogen (secondary N) is 2. The Kier molecular flexibility index (Phi) is 7.45. The number of allylic oxidation sites excluding steroid dienone is 1. The third kappa shape index (κ3) is 5.32. The van der Waals surface area contributed by atoms with Gasteiger partial charge in [-0.05, 0) is 29.8 Å². The number of nitriles is 1. The molecule has 3 rings (SSSR count). The van der Waals surface area contributed by atoms with E-state index in [9.17, 15) is 14.9 Å². The van der Waals surface area contributed by atoms with E-state index in [0.717, 1.165) is 17.3 Å². The van der Waals surface area contributed by atoms with Crippen molar-refractivity contribution in [1.29, 1.82) is 5.26 Å². The number of thioether (sulfide) groups is 1. The molecule has 7 nitrogen and oxygen atoms in total. The average Bonchev–Trinajstić information content (AvgIpc) is 2.77. The molecule has 0 saturated carbocycles. The van der Waals surface area contributed by atoms with E-state index in [1.807, 2.05) is 0 Å². The lowest BCUT2D eigenvalue weighted by atomic mass is 9.87. The van der Waals surface area contributed by atoms with E-state index < -0.39 is 5.92 Å². The minimum absolute atomic E-state index is 0.00886. The number of rotatable bonds is 7. The van der Waals surface area contributed by atoms with Crippen LogP contribution in [0.4, 0.5) is 5.69 Å². The largest absolute Gasteiger partial charge is 0.495 e. The number of amides is 2. The number of ether oxygens (including phenoxy) is 2. The SMILES string of the molecule is COc1ccc([C@H]2CC(=O)NC(SCC(=O)Nc3ccccc3OC)=C2C#N)cc1Cl. The van der Waals surface area contributed by atoms with Crippen LogP contribution in [0.5, 0.6) is 11.5 Å². The number of hydrogen-bond acceptors (Lipinski definition) is 6. The number of benzene rings is 2. The highest BCUT2D eigenvalue weighted by atomic mass is 35.5. The number of hydrogen-bond donors (Lipinski definition) is 2. The van der Waals surface area contributed by atoms with E-state index in [1.54, 1.807) is 42.5 Å². The van der Waals surface area contributed by atoms with Gasteiger partial charge in [-0.1, -0.05) is 41.6 Å². The molecular formula is C22H20ClN3O4S. The molecule has 0 radical (unpaired) electrons. The van der Waals surface area contributed by atoms with Gasteiger partial charge in [-0.2, -0.15) is 5.26 Å². The van der Waals surface area contributed by atoms with Gasteiger partial charge in [-0.15, -0.1) is 0 Å². The smallest absolute Gasteiger partial charge is 0.234 e. The summed E-state index contributed by atoms with van der Waals surface area (Å²) in [6.45, 7) is 0. The van der Waals surface area contributed by atoms with Crippen LogP contribution in [-0.2, 0) is 9.59 Å². The summed E-state index contributed by atoms with van der Waals surface area (Å²) < 4.78 is 10.4. The van der Waals surface area contributed by atoms with Crippen LogP contribution in [0.3, 0.4) is 0 Å². The van der Waals surface area contributed by atoms with E-state index >= 15 is 0 Å². The minimum Gasteiger partial charge on any atom is -0.495 e. The molecule has 1 aliphatic rings. The van der Waals surface area contributed by atoms with Gasteiger partial charge in [0.05, 0.1) is 47.4 Å². The van der Waals surface area contributed by atoms with Crippen molar-refractivity contribution < 1.29 is 19.1 Å². The Bertz CT molecular complexity index is 1080. The highest BCUT2D eigenvalue weighted by Crippen LogP contribution is 2.38. The van der Waals surface area contributed by atoms with Crippen molar-refractivity contribution >= 4 is 40.9 Å². The molecule has 0 aliphatic carbocycles. The zero-order chi connectivity index (χ0) is 22.4. The maximum Gasteiger partial charge on any atom is 0.234 e. The van der Waals surface area contributed by atoms with Crippen molar-refractivity contribution in [2.24, 2.45) is 0 Å². The molecule has 1 aliphatic heterocycles. The first-order valence-electron chi connectivity index (χ1n) is 9.30. The summed E-state index contributed by atoms with van der Waals surface area (Å²) in [5, 5.41) is 16.0. The number of carbonyl (C=O) groups is 2. The molecular weight excluding hydrogens is 438 g/mol. The first-order chi connectivity index (χ1) is 15.0. The van der Waals surface area contributed by atoms with Gasteiger partial charge >= 0.3 is 0 Å². The molecule has 0 saturated heterocycles. The van der Waals surface area contributed by atoms with Crippen LogP contribution in [0.15, 0.2) is 53.1 Å². The van der Waals surface area contributed by atoms with Gasteiger partial charge in [0.15, 0.2) is 0 Å². The molecule has 31 heavy (non-hydrogen) atoms. The summed E-state index contributed by atoms with van der Waals surface area (Å²) in [7, 11) is 3.03. The summed E-state index contributed by atoms with van der Waals surface area (Å²) in [6.07, 6.45) is 0.114. The van der Waals surface area contributed by atoms with Gasteiger partial charge in [0.25, 0.3) is 0 Å². The van der Waals surface area contributed by atoms with Crippen LogP contribution < -0.4 is 20.1 Å². The summed E-state index contributed by atoms with van der Waals surface area (Å²) in [6, 6.07) is 14.4. The molecule has 0 unspecified atom stereocenters. The minimum atomic E-state index is -0.457. The Morgan fingerprint density at radius 3 is 2.68 bits per heavy atom. The van der Waals surface area contributed by atoms with E-state index in [4.69, 9.17) is 21.1 Å². The second-order valence-corrected chi connectivity index (χ2v) is 7.98. The quantitative estimate of drug-likeness (QED) is 0.650. The number of nitrogens with zero attached hydrogens (tertiary/aromatic N) is 1. The number of halogens is 1. The average molecular weight is 458 g/mol. The topological polar surface area (TPSA) is 100 Å². The van der Waals surface area contributed by atoms with Crippen LogP contribution in [0.25, 0.3) is 0 Å². The van der Waals surface area contributed by atoms with Crippen molar-refractivity contribution in [2.45, 2.75) is 12.3 Å². The highest BCUT2D eigenvalue weighted by Gasteiger charge is 2.30. The lowest BCUT2D eigenvalue weighted by Gasteiger charge is -2.25. The summed E-state index contributed by atoms with van der Waals surface area (Å²) in [5.41, 5.74) is 1.66. The van der Waals surface area contributed by atoms with E-state index in [2.05, 4.69) is 16.7 Å². The van der Waals surface area contributed by atoms with Gasteiger partial charge in [-0.25, -0.2) is 0 Å². The van der Waals surface area contributed by atoms with Crippen LogP contribution in [0.1, 0.15) is 17.9 Å². The van der Waals surface area contributed by atoms with Gasteiger partial charge < -0.3 is 20.1 Å². The number of anilines is 1. The number of para-hydroxylation sites is 2. The van der Waals surface area contributed by atoms with Gasteiger partial charge in [0.2, 0.25) is 11.8 Å². The lowest BCUT2D eigenvalue weighted by molar-refractivity contribution is -0.121. The molecule has 1 heterocycles. The predicted octanol–water partition coefficient (Wildman–Crippen LogP) is 4.07. The Hall–Kier alpha value is -3.15. The third-order valence-corrected chi connectivity index (χ3v) is 5.98. The molecule has 1 atom stereocenters. The monoisotopic (exact) mass is 457 g/mol. The normalized spacial score (nSPS) is 15.7. The van der Waals surface area contributed by atoms with Crippen LogP contribution in [0, 0.1) is 11.3 Å². The fourth-order valence-electron chi connectivity index (χ4n) is 3.19. The van der Waals surface area contributed by atoms with Crippen LogP contribution in [0.2, 0.25) is 5.02 Å². The molecule has 0 aromatic heterocycles. The highest BCUT2D eigenvalue weighted by molar-refractivity contribution is 8.03. The second kappa shape index (κ2) is 10.2. The fourth-order valence-corrected chi connectivity index (χ4v) is 4.33. The Labute approximate surface area is 189 Å². The number of methoxy groups -OCH3 is 2. The number of carbonyl (C=O) groups excluding carboxylic acids is 2. The third-order valence-electron chi connectivity index (χ3n) is 4.66. The first kappa shape index (κ1) is 22.5. The Morgan fingerprint density at radius 2 is 2.00 bits per heavy atom. The Balaban J connectivity index is 1.78. The van der Waals surface area contributed by atoms with Crippen molar-refractivity contribution in [3.8, 4) is 17.6 Å². The van der Waals surface area contributed by atoms with Gasteiger partial charge in [-0.3, -0.25) is 9.59 Å². The maximum absolute atomic E-state index is 12.4. The van der Waals surface area contributed by atoms with Crippen LogP contribution in [-0.4, -0.2) is 31.8 Å². The maximum atomic E-state index is 12.4. The molecule has 9 heteroatoms. The van der Waals surface area contributed by atoms with Crippen molar-refractivity contribution in [1.82, 2.24) is 5.32 Å². The van der Waals surface area contributed by atoms with Crippen molar-refractivity contribution in [3.05, 3.63) is 63.7 Å². The zero-order valence-corrected chi connectivity index (χ0v) is 18.5. The van der Waals surface area contributed by atoms with Crippen LogP contribution >= 0.6 is 23.4 Å². The summed E-state index contributed by atoms with van der Waals surface area (Å²) in [4.78, 5) is 24.7. The summed E-state index contributed by atoms with van der Waals surface area (Å²) in [5.74, 6) is 0.0826. The van der Waals surface area contributed by atoms with Gasteiger partial charge in [0, 0.05) is 12.3 Å². The molecule has 0 bridgehead atoms. The molecule has 2 aromatic rings. The standard InChI is InChI=1S/C22H20ClN3O4S/c1-29-18-8-7-13(9-16(18)23)14-10-20(27)26-22(15(14)11-24)31-12-21(28)25-17-5-3-4-6-19(17)30-2/h3-9,14H,10,12H2,1-2H3,(H,25,28)(H,26,27)/t14-/m1/s1. The fraction of sp³-hybridized carbons (Fsp3) is 0.227. The first-order valence-corrected chi connectivity index (χ1v) is 10.7. The molecule has 2 N–H and O–H groups in total. The molecule has 0 spiro atoms. The molecule has 2 aromatic carbocycles. The van der Waals surface area contributed by atoms with Gasteiger partial charge in [0.1, 0.15) is 11.5 Å². The summed E-state index contributed by atoms with van der Waals surface area (Å²) >= 11 is 7.32. The van der Waals surface area contributed by atoms with Crippen molar-refractivity contribution in [2.75, 3.05) is 25.3 Å². The molecule has 0 fully saturated rings. The molecule has 160 valence electrons. The predicted molar refractivity (Wildman–Crippen MR) is 120 cm³/mol. The zero-order valence-electron chi connectivity index (χ0n) is 16.9. The van der Waals surface area contributed by atoms with E-state index in [0.29, 0.717) is 32.8 Å².